The van der Waals surface area contributed by atoms with Gasteiger partial charge in [0.05, 0.1) is 6.04 Å². The average Bonchev–Trinajstić information content (AvgIpc) is 2.80. The van der Waals surface area contributed by atoms with Gasteiger partial charge in [-0.1, -0.05) is 36.2 Å². The standard InChI is InChI=1S/C18H24BrNO/c1-12(20-15-5-4-8-18(2,3)11-15)17-10-13-9-14(19)6-7-16(13)21-17/h6-7,9-10,12,15,20H,4-5,8,11H2,1-3H3. The minimum absolute atomic E-state index is 0.259. The van der Waals surface area contributed by atoms with Crippen molar-refractivity contribution in [1.82, 2.24) is 5.32 Å². The summed E-state index contributed by atoms with van der Waals surface area (Å²) in [6.45, 7) is 6.96. The number of benzene rings is 1. The van der Waals surface area contributed by atoms with Crippen molar-refractivity contribution in [2.75, 3.05) is 0 Å². The molecule has 21 heavy (non-hydrogen) atoms. The third kappa shape index (κ3) is 3.51. The molecule has 1 saturated carbocycles. The van der Waals surface area contributed by atoms with Gasteiger partial charge in [0.2, 0.25) is 0 Å². The second-order valence-electron chi connectivity index (χ2n) is 7.18. The summed E-state index contributed by atoms with van der Waals surface area (Å²) >= 11 is 3.51. The molecule has 2 atom stereocenters. The molecule has 0 bridgehead atoms. The van der Waals surface area contributed by atoms with Crippen molar-refractivity contribution in [2.45, 2.75) is 58.5 Å². The fourth-order valence-corrected chi connectivity index (χ4v) is 3.90. The van der Waals surface area contributed by atoms with Gasteiger partial charge in [0.1, 0.15) is 11.3 Å². The van der Waals surface area contributed by atoms with Crippen LogP contribution in [0.15, 0.2) is 33.2 Å². The summed E-state index contributed by atoms with van der Waals surface area (Å²) in [6.07, 6.45) is 5.20. The first kappa shape index (κ1) is 15.1. The normalized spacial score (nSPS) is 23.3. The lowest BCUT2D eigenvalue weighted by atomic mass is 9.75. The Balaban J connectivity index is 1.73. The monoisotopic (exact) mass is 349 g/mol. The smallest absolute Gasteiger partial charge is 0.134 e. The van der Waals surface area contributed by atoms with Crippen LogP contribution >= 0.6 is 15.9 Å². The molecule has 1 aromatic carbocycles. The van der Waals surface area contributed by atoms with E-state index in [0.29, 0.717) is 11.5 Å². The zero-order chi connectivity index (χ0) is 15.0. The van der Waals surface area contributed by atoms with Crippen molar-refractivity contribution in [3.05, 3.63) is 34.5 Å². The lowest BCUT2D eigenvalue weighted by Crippen LogP contribution is -2.38. The van der Waals surface area contributed by atoms with E-state index in [-0.39, 0.29) is 6.04 Å². The first-order valence-corrected chi connectivity index (χ1v) is 8.67. The Morgan fingerprint density at radius 2 is 2.14 bits per heavy atom. The van der Waals surface area contributed by atoms with Crippen molar-refractivity contribution >= 4 is 26.9 Å². The number of fused-ring (bicyclic) bond motifs is 1. The van der Waals surface area contributed by atoms with E-state index in [0.717, 1.165) is 21.2 Å². The molecule has 1 fully saturated rings. The van der Waals surface area contributed by atoms with E-state index in [2.05, 4.69) is 54.2 Å². The molecule has 0 aliphatic heterocycles. The summed E-state index contributed by atoms with van der Waals surface area (Å²) in [5, 5.41) is 4.92. The molecule has 1 heterocycles. The SMILES string of the molecule is CC(NC1CCCC(C)(C)C1)c1cc2cc(Br)ccc2o1. The van der Waals surface area contributed by atoms with Crippen molar-refractivity contribution in [3.63, 3.8) is 0 Å². The maximum absolute atomic E-state index is 5.99. The summed E-state index contributed by atoms with van der Waals surface area (Å²) in [6, 6.07) is 9.18. The highest BCUT2D eigenvalue weighted by Crippen LogP contribution is 2.36. The molecule has 114 valence electrons. The quantitative estimate of drug-likeness (QED) is 0.755. The van der Waals surface area contributed by atoms with E-state index in [9.17, 15) is 0 Å². The number of hydrogen-bond acceptors (Lipinski definition) is 2. The zero-order valence-corrected chi connectivity index (χ0v) is 14.7. The van der Waals surface area contributed by atoms with Gasteiger partial charge in [0.15, 0.2) is 0 Å². The highest BCUT2D eigenvalue weighted by molar-refractivity contribution is 9.10. The van der Waals surface area contributed by atoms with Gasteiger partial charge in [0, 0.05) is 15.9 Å². The van der Waals surface area contributed by atoms with Crippen molar-refractivity contribution in [2.24, 2.45) is 5.41 Å². The Morgan fingerprint density at radius 3 is 2.90 bits per heavy atom. The maximum Gasteiger partial charge on any atom is 0.134 e. The molecule has 0 saturated heterocycles. The summed E-state index contributed by atoms with van der Waals surface area (Å²) in [7, 11) is 0. The summed E-state index contributed by atoms with van der Waals surface area (Å²) in [5.74, 6) is 1.03. The van der Waals surface area contributed by atoms with Crippen LogP contribution in [0, 0.1) is 5.41 Å². The average molecular weight is 350 g/mol. The predicted octanol–water partition coefficient (Wildman–Crippen LogP) is 5.81. The van der Waals surface area contributed by atoms with Crippen molar-refractivity contribution < 1.29 is 4.42 Å². The van der Waals surface area contributed by atoms with Gasteiger partial charge >= 0.3 is 0 Å². The predicted molar refractivity (Wildman–Crippen MR) is 91.5 cm³/mol. The van der Waals surface area contributed by atoms with Gasteiger partial charge in [-0.3, -0.25) is 0 Å². The van der Waals surface area contributed by atoms with Gasteiger partial charge in [-0.2, -0.15) is 0 Å². The number of furan rings is 1. The number of hydrogen-bond donors (Lipinski definition) is 1. The molecular weight excluding hydrogens is 326 g/mol. The molecule has 1 aromatic heterocycles. The van der Waals surface area contributed by atoms with E-state index < -0.39 is 0 Å². The van der Waals surface area contributed by atoms with Crippen LogP contribution < -0.4 is 5.32 Å². The Kier molecular flexibility index (Phi) is 4.15. The Morgan fingerprint density at radius 1 is 1.33 bits per heavy atom. The largest absolute Gasteiger partial charge is 0.459 e. The fraction of sp³-hybridized carbons (Fsp3) is 0.556. The third-order valence-electron chi connectivity index (χ3n) is 4.62. The van der Waals surface area contributed by atoms with Crippen molar-refractivity contribution in [1.29, 1.82) is 0 Å². The van der Waals surface area contributed by atoms with Gasteiger partial charge in [-0.15, -0.1) is 0 Å². The van der Waals surface area contributed by atoms with Crippen LogP contribution in [-0.4, -0.2) is 6.04 Å². The number of rotatable bonds is 3. The van der Waals surface area contributed by atoms with E-state index in [4.69, 9.17) is 4.42 Å². The van der Waals surface area contributed by atoms with Crippen LogP contribution in [-0.2, 0) is 0 Å². The maximum atomic E-state index is 5.99. The van der Waals surface area contributed by atoms with E-state index in [1.807, 2.05) is 12.1 Å². The van der Waals surface area contributed by atoms with E-state index in [1.165, 1.54) is 25.7 Å². The van der Waals surface area contributed by atoms with Crippen LogP contribution in [0.3, 0.4) is 0 Å². The molecule has 2 nitrogen and oxygen atoms in total. The van der Waals surface area contributed by atoms with E-state index >= 15 is 0 Å². The molecule has 0 spiro atoms. The molecule has 2 unspecified atom stereocenters. The molecule has 1 aliphatic rings. The highest BCUT2D eigenvalue weighted by Gasteiger charge is 2.29. The lowest BCUT2D eigenvalue weighted by Gasteiger charge is -2.36. The molecule has 1 aliphatic carbocycles. The number of halogens is 1. The molecular formula is C18H24BrNO. The van der Waals surface area contributed by atoms with Crippen LogP contribution in [0.4, 0.5) is 0 Å². The second kappa shape index (κ2) is 5.77. The second-order valence-corrected chi connectivity index (χ2v) is 8.09. The van der Waals surface area contributed by atoms with Gasteiger partial charge in [-0.25, -0.2) is 0 Å². The topological polar surface area (TPSA) is 25.2 Å². The van der Waals surface area contributed by atoms with Crippen LogP contribution in [0.2, 0.25) is 0 Å². The third-order valence-corrected chi connectivity index (χ3v) is 5.11. The van der Waals surface area contributed by atoms with Crippen LogP contribution in [0.25, 0.3) is 11.0 Å². The number of nitrogens with one attached hydrogen (secondary N) is 1. The first-order chi connectivity index (χ1) is 9.93. The molecule has 3 rings (SSSR count). The first-order valence-electron chi connectivity index (χ1n) is 7.88. The Labute approximate surface area is 135 Å². The molecule has 1 N–H and O–H groups in total. The van der Waals surface area contributed by atoms with Crippen LogP contribution in [0.1, 0.15) is 58.3 Å². The summed E-state index contributed by atoms with van der Waals surface area (Å²) in [5.41, 5.74) is 1.43. The summed E-state index contributed by atoms with van der Waals surface area (Å²) in [4.78, 5) is 0. The van der Waals surface area contributed by atoms with Gasteiger partial charge in [-0.05, 0) is 55.9 Å². The Bertz CT molecular complexity index is 631. The van der Waals surface area contributed by atoms with E-state index in [1.54, 1.807) is 0 Å². The summed E-state index contributed by atoms with van der Waals surface area (Å²) < 4.78 is 7.09. The van der Waals surface area contributed by atoms with Gasteiger partial charge < -0.3 is 9.73 Å². The van der Waals surface area contributed by atoms with Crippen LogP contribution in [0.5, 0.6) is 0 Å². The molecule has 2 aromatic rings. The highest BCUT2D eigenvalue weighted by atomic mass is 79.9. The minimum atomic E-state index is 0.259. The molecule has 3 heteroatoms. The van der Waals surface area contributed by atoms with Gasteiger partial charge in [0.25, 0.3) is 0 Å². The lowest BCUT2D eigenvalue weighted by molar-refractivity contribution is 0.188. The van der Waals surface area contributed by atoms with Crippen molar-refractivity contribution in [3.8, 4) is 0 Å². The fourth-order valence-electron chi connectivity index (χ4n) is 3.52. The zero-order valence-electron chi connectivity index (χ0n) is 13.1. The Hall–Kier alpha value is -0.800. The molecule has 0 radical (unpaired) electrons. The minimum Gasteiger partial charge on any atom is -0.459 e. The molecule has 0 amide bonds.